The number of nitrogens with zero attached hydrogens (tertiary/aromatic N) is 5. The van der Waals surface area contributed by atoms with E-state index in [0.29, 0.717) is 11.6 Å². The van der Waals surface area contributed by atoms with Crippen molar-refractivity contribution in [1.82, 2.24) is 20.0 Å². The van der Waals surface area contributed by atoms with Crippen molar-refractivity contribution in [1.29, 1.82) is 0 Å². The van der Waals surface area contributed by atoms with Gasteiger partial charge >= 0.3 is 0 Å². The van der Waals surface area contributed by atoms with Gasteiger partial charge in [0.1, 0.15) is 5.76 Å². The van der Waals surface area contributed by atoms with Crippen LogP contribution in [0.1, 0.15) is 31.9 Å². The molecular weight excluding hydrogens is 332 g/mol. The first-order chi connectivity index (χ1) is 12.7. The van der Waals surface area contributed by atoms with Crippen LogP contribution in [0.25, 0.3) is 0 Å². The number of anilines is 2. The fraction of sp³-hybridized carbons (Fsp3) is 0.556. The molecule has 26 heavy (non-hydrogen) atoms. The third-order valence-corrected chi connectivity index (χ3v) is 4.60. The van der Waals surface area contributed by atoms with Crippen LogP contribution < -0.4 is 10.2 Å². The van der Waals surface area contributed by atoms with E-state index in [-0.39, 0.29) is 11.9 Å². The van der Waals surface area contributed by atoms with Crippen molar-refractivity contribution in [2.24, 2.45) is 0 Å². The highest BCUT2D eigenvalue weighted by Gasteiger charge is 2.29. The van der Waals surface area contributed by atoms with E-state index >= 15 is 0 Å². The minimum Gasteiger partial charge on any atom is -0.360 e. The molecule has 0 saturated carbocycles. The lowest BCUT2D eigenvalue weighted by atomic mass is 10.1. The Morgan fingerprint density at radius 1 is 1.27 bits per heavy atom. The Balaban J connectivity index is 1.61. The molecule has 3 rings (SSSR count). The molecule has 1 fully saturated rings. The van der Waals surface area contributed by atoms with E-state index in [0.717, 1.165) is 51.4 Å². The van der Waals surface area contributed by atoms with Gasteiger partial charge in [-0.1, -0.05) is 24.9 Å². The highest BCUT2D eigenvalue weighted by atomic mass is 16.5. The van der Waals surface area contributed by atoms with E-state index in [1.54, 1.807) is 18.5 Å². The maximum atomic E-state index is 12.8. The third-order valence-electron chi connectivity index (χ3n) is 4.60. The second-order valence-corrected chi connectivity index (χ2v) is 6.54. The van der Waals surface area contributed by atoms with Crippen LogP contribution in [0.15, 0.2) is 29.0 Å². The lowest BCUT2D eigenvalue weighted by Crippen LogP contribution is -2.54. The van der Waals surface area contributed by atoms with Crippen LogP contribution in [0.4, 0.5) is 11.8 Å². The summed E-state index contributed by atoms with van der Waals surface area (Å²) in [7, 11) is 0. The molecule has 2 aromatic heterocycles. The molecule has 3 heterocycles. The Bertz CT molecular complexity index is 697. The summed E-state index contributed by atoms with van der Waals surface area (Å²) in [6, 6.07) is 3.39. The number of amides is 1. The summed E-state index contributed by atoms with van der Waals surface area (Å²) < 4.78 is 5.04. The van der Waals surface area contributed by atoms with Gasteiger partial charge in [-0.25, -0.2) is 9.97 Å². The molecule has 0 unspecified atom stereocenters. The number of hydrogen-bond donors (Lipinski definition) is 1. The number of carbonyl (C=O) groups excluding carboxylic acids is 1. The third kappa shape index (κ3) is 4.57. The maximum absolute atomic E-state index is 12.8. The topological polar surface area (TPSA) is 87.4 Å². The number of aromatic nitrogens is 3. The summed E-state index contributed by atoms with van der Waals surface area (Å²) in [6.45, 7) is 7.17. The number of unbranched alkanes of at least 4 members (excludes halogenated alkanes) is 1. The first-order valence-corrected chi connectivity index (χ1v) is 9.17. The average Bonchev–Trinajstić information content (AvgIpc) is 3.08. The number of hydrogen-bond acceptors (Lipinski definition) is 7. The molecular formula is C18H26N6O2. The van der Waals surface area contributed by atoms with Crippen LogP contribution in [0.2, 0.25) is 0 Å². The van der Waals surface area contributed by atoms with Gasteiger partial charge in [-0.2, -0.15) is 0 Å². The number of nitrogens with one attached hydrogen (secondary N) is 1. The van der Waals surface area contributed by atoms with Crippen molar-refractivity contribution in [2.75, 3.05) is 36.4 Å². The van der Waals surface area contributed by atoms with E-state index in [2.05, 4.69) is 37.2 Å². The maximum Gasteiger partial charge on any atom is 0.242 e. The molecule has 0 aliphatic carbocycles. The lowest BCUT2D eigenvalue weighted by molar-refractivity contribution is -0.121. The molecule has 8 heteroatoms. The first-order valence-electron chi connectivity index (χ1n) is 9.17. The van der Waals surface area contributed by atoms with Gasteiger partial charge in [0, 0.05) is 44.6 Å². The Hall–Kier alpha value is -2.48. The molecule has 1 aliphatic rings. The average molecular weight is 358 g/mol. The quantitative estimate of drug-likeness (QED) is 0.811. The van der Waals surface area contributed by atoms with Crippen molar-refractivity contribution in [2.45, 2.75) is 39.2 Å². The smallest absolute Gasteiger partial charge is 0.242 e. The molecule has 1 saturated heterocycles. The molecule has 0 aromatic carbocycles. The van der Waals surface area contributed by atoms with Gasteiger partial charge in [0.15, 0.2) is 5.82 Å². The van der Waals surface area contributed by atoms with Crippen molar-refractivity contribution < 1.29 is 9.32 Å². The fourth-order valence-corrected chi connectivity index (χ4v) is 3.20. The van der Waals surface area contributed by atoms with Crippen LogP contribution in [-0.2, 0) is 4.79 Å². The van der Waals surface area contributed by atoms with Gasteiger partial charge in [0.05, 0.1) is 6.04 Å². The van der Waals surface area contributed by atoms with Gasteiger partial charge in [0.25, 0.3) is 0 Å². The molecule has 1 N–H and O–H groups in total. The van der Waals surface area contributed by atoms with E-state index in [1.807, 2.05) is 13.0 Å². The van der Waals surface area contributed by atoms with E-state index < -0.39 is 0 Å². The van der Waals surface area contributed by atoms with Crippen molar-refractivity contribution in [3.8, 4) is 0 Å². The summed E-state index contributed by atoms with van der Waals surface area (Å²) in [5.41, 5.74) is 0. The van der Waals surface area contributed by atoms with Crippen LogP contribution in [-0.4, -0.2) is 58.2 Å². The highest BCUT2D eigenvalue weighted by molar-refractivity contribution is 5.94. The second kappa shape index (κ2) is 8.75. The number of carbonyl (C=O) groups is 1. The predicted molar refractivity (Wildman–Crippen MR) is 99.0 cm³/mol. The van der Waals surface area contributed by atoms with Crippen LogP contribution in [0.5, 0.6) is 0 Å². The van der Waals surface area contributed by atoms with Gasteiger partial charge in [-0.3, -0.25) is 9.69 Å². The standard InChI is InChI=1S/C18H26N6O2/c1-3-4-6-15(17(25)21-16-13-14(2)26-22-16)23-9-11-24(12-10-23)18-19-7-5-8-20-18/h5,7-8,13,15H,3-4,6,9-12H2,1-2H3,(H,21,22,25)/t15-/m1/s1. The Morgan fingerprint density at radius 3 is 2.62 bits per heavy atom. The van der Waals surface area contributed by atoms with E-state index in [9.17, 15) is 4.79 Å². The molecule has 8 nitrogen and oxygen atoms in total. The predicted octanol–water partition coefficient (Wildman–Crippen LogP) is 2.09. The summed E-state index contributed by atoms with van der Waals surface area (Å²) >= 11 is 0. The lowest BCUT2D eigenvalue weighted by Gasteiger charge is -2.38. The SMILES string of the molecule is CCCC[C@H](C(=O)Nc1cc(C)on1)N1CCN(c2ncccn2)CC1. The Morgan fingerprint density at radius 2 is 2.00 bits per heavy atom. The van der Waals surface area contributed by atoms with Crippen LogP contribution >= 0.6 is 0 Å². The molecule has 0 bridgehead atoms. The van der Waals surface area contributed by atoms with Gasteiger partial charge < -0.3 is 14.7 Å². The molecule has 2 aromatic rings. The Kier molecular flexibility index (Phi) is 6.17. The van der Waals surface area contributed by atoms with Crippen LogP contribution in [0, 0.1) is 6.92 Å². The molecule has 1 atom stereocenters. The monoisotopic (exact) mass is 358 g/mol. The van der Waals surface area contributed by atoms with Crippen LogP contribution in [0.3, 0.4) is 0 Å². The minimum atomic E-state index is -0.161. The highest BCUT2D eigenvalue weighted by Crippen LogP contribution is 2.17. The van der Waals surface area contributed by atoms with Gasteiger partial charge in [-0.05, 0) is 19.4 Å². The van der Waals surface area contributed by atoms with Gasteiger partial charge in [-0.15, -0.1) is 0 Å². The largest absolute Gasteiger partial charge is 0.360 e. The van der Waals surface area contributed by atoms with Crippen molar-refractivity contribution in [3.63, 3.8) is 0 Å². The molecule has 0 radical (unpaired) electrons. The summed E-state index contributed by atoms with van der Waals surface area (Å²) in [6.07, 6.45) is 6.42. The first kappa shape index (κ1) is 18.3. The van der Waals surface area contributed by atoms with Crippen molar-refractivity contribution >= 4 is 17.7 Å². The molecule has 1 amide bonds. The zero-order valence-electron chi connectivity index (χ0n) is 15.4. The fourth-order valence-electron chi connectivity index (χ4n) is 3.20. The Labute approximate surface area is 153 Å². The minimum absolute atomic E-state index is 0.0174. The normalized spacial score (nSPS) is 16.5. The van der Waals surface area contributed by atoms with Gasteiger partial charge in [0.2, 0.25) is 11.9 Å². The molecule has 1 aliphatic heterocycles. The number of piperazine rings is 1. The van der Waals surface area contributed by atoms with E-state index in [1.165, 1.54) is 0 Å². The summed E-state index contributed by atoms with van der Waals surface area (Å²) in [5, 5.41) is 6.75. The number of rotatable bonds is 7. The zero-order valence-corrected chi connectivity index (χ0v) is 15.4. The summed E-state index contributed by atoms with van der Waals surface area (Å²) in [4.78, 5) is 25.8. The molecule has 0 spiro atoms. The second-order valence-electron chi connectivity index (χ2n) is 6.54. The van der Waals surface area contributed by atoms with Crippen molar-refractivity contribution in [3.05, 3.63) is 30.3 Å². The summed E-state index contributed by atoms with van der Waals surface area (Å²) in [5.74, 6) is 1.89. The zero-order chi connectivity index (χ0) is 18.4. The number of aryl methyl sites for hydroxylation is 1. The van der Waals surface area contributed by atoms with E-state index in [4.69, 9.17) is 4.52 Å². The molecule has 140 valence electrons.